The summed E-state index contributed by atoms with van der Waals surface area (Å²) in [5, 5.41) is 4.29. The Balaban J connectivity index is 1.86. The number of benzene rings is 2. The van der Waals surface area contributed by atoms with E-state index in [1.807, 2.05) is 0 Å². The van der Waals surface area contributed by atoms with E-state index in [1.54, 1.807) is 12.1 Å². The van der Waals surface area contributed by atoms with Gasteiger partial charge in [-0.3, -0.25) is 10.1 Å². The molecule has 0 heterocycles. The van der Waals surface area contributed by atoms with Crippen molar-refractivity contribution in [2.45, 2.75) is 72.8 Å². The van der Waals surface area contributed by atoms with Crippen LogP contribution in [0.3, 0.4) is 0 Å². The van der Waals surface area contributed by atoms with Crippen LogP contribution >= 0.6 is 12.6 Å². The van der Waals surface area contributed by atoms with Gasteiger partial charge in [-0.15, -0.1) is 0 Å². The molecule has 0 saturated heterocycles. The van der Waals surface area contributed by atoms with Crippen molar-refractivity contribution in [1.29, 1.82) is 0 Å². The van der Waals surface area contributed by atoms with Crippen LogP contribution in [-0.4, -0.2) is 49.4 Å². The topological polar surface area (TPSA) is 101 Å². The summed E-state index contributed by atoms with van der Waals surface area (Å²) in [4.78, 5) is 13.1. The maximum absolute atomic E-state index is 14.5. The molecular formula is C25H31F4N3O3S2. The van der Waals surface area contributed by atoms with Gasteiger partial charge in [0.25, 0.3) is 0 Å². The number of hydrogen-bond acceptors (Lipinski definition) is 6. The standard InChI is InChI=1S/C25H31F4N3O3S2/c1-23(2,26)14-19(21(33)32-24(12-13-24)22(30)36)31-20(25(27,28)29)17-6-4-15(5-7-17)16-8-10-18(11-9-16)37(3,34)35/h4-11,19-20,22,31,36H,12-14,30H2,1-3H3,(H,32,33)/t19-,20-,22?/m0/s1. The molecular weight excluding hydrogens is 530 g/mol. The predicted molar refractivity (Wildman–Crippen MR) is 138 cm³/mol. The van der Waals surface area contributed by atoms with Crippen molar-refractivity contribution in [1.82, 2.24) is 10.6 Å². The van der Waals surface area contributed by atoms with Gasteiger partial charge in [0.2, 0.25) is 5.91 Å². The van der Waals surface area contributed by atoms with Gasteiger partial charge in [-0.25, -0.2) is 12.8 Å². The van der Waals surface area contributed by atoms with Crippen molar-refractivity contribution in [2.75, 3.05) is 6.26 Å². The number of rotatable bonds is 10. The van der Waals surface area contributed by atoms with Gasteiger partial charge >= 0.3 is 6.18 Å². The molecule has 37 heavy (non-hydrogen) atoms. The van der Waals surface area contributed by atoms with Crippen LogP contribution < -0.4 is 16.4 Å². The first-order chi connectivity index (χ1) is 16.9. The molecule has 1 aliphatic carbocycles. The predicted octanol–water partition coefficient (Wildman–Crippen LogP) is 4.32. The molecule has 1 unspecified atom stereocenters. The summed E-state index contributed by atoms with van der Waals surface area (Å²) in [6.45, 7) is 2.39. The molecule has 1 saturated carbocycles. The van der Waals surface area contributed by atoms with Gasteiger partial charge in [-0.1, -0.05) is 36.4 Å². The minimum Gasteiger partial charge on any atom is -0.347 e. The van der Waals surface area contributed by atoms with E-state index in [2.05, 4.69) is 23.3 Å². The number of hydrogen-bond donors (Lipinski definition) is 4. The summed E-state index contributed by atoms with van der Waals surface area (Å²) in [5.41, 5.74) is 4.09. The third-order valence-corrected chi connectivity index (χ3v) is 7.91. The Hall–Kier alpha value is -2.15. The largest absolute Gasteiger partial charge is 0.407 e. The molecule has 2 aromatic rings. The molecule has 12 heteroatoms. The lowest BCUT2D eigenvalue weighted by Crippen LogP contribution is -2.56. The molecule has 0 aliphatic heterocycles. The highest BCUT2D eigenvalue weighted by Crippen LogP contribution is 2.40. The van der Waals surface area contributed by atoms with E-state index >= 15 is 0 Å². The molecule has 3 atom stereocenters. The van der Waals surface area contributed by atoms with E-state index in [0.29, 0.717) is 24.0 Å². The molecule has 0 bridgehead atoms. The summed E-state index contributed by atoms with van der Waals surface area (Å²) in [7, 11) is -3.38. The normalized spacial score (nSPS) is 18.1. The summed E-state index contributed by atoms with van der Waals surface area (Å²) in [6, 6.07) is 7.72. The van der Waals surface area contributed by atoms with Crippen LogP contribution in [0.5, 0.6) is 0 Å². The first-order valence-corrected chi connectivity index (χ1v) is 14.0. The second-order valence-electron chi connectivity index (χ2n) is 10.1. The molecule has 1 amide bonds. The fourth-order valence-corrected chi connectivity index (χ4v) is 4.97. The Bertz CT molecular complexity index is 1210. The first kappa shape index (κ1) is 29.4. The number of thiol groups is 1. The zero-order valence-electron chi connectivity index (χ0n) is 20.6. The summed E-state index contributed by atoms with van der Waals surface area (Å²) >= 11 is 4.16. The average molecular weight is 562 g/mol. The van der Waals surface area contributed by atoms with Crippen LogP contribution in [0.2, 0.25) is 0 Å². The van der Waals surface area contributed by atoms with E-state index in [1.165, 1.54) is 50.2 Å². The number of nitrogens with two attached hydrogens (primary N) is 1. The van der Waals surface area contributed by atoms with Crippen molar-refractivity contribution in [2.24, 2.45) is 5.73 Å². The highest BCUT2D eigenvalue weighted by atomic mass is 32.2. The average Bonchev–Trinajstić information content (AvgIpc) is 3.55. The third-order valence-electron chi connectivity index (χ3n) is 6.29. The van der Waals surface area contributed by atoms with Crippen LogP contribution in [0.1, 0.15) is 44.7 Å². The van der Waals surface area contributed by atoms with Crippen LogP contribution in [0.4, 0.5) is 17.6 Å². The lowest BCUT2D eigenvalue weighted by atomic mass is 9.96. The monoisotopic (exact) mass is 561 g/mol. The fourth-order valence-electron chi connectivity index (χ4n) is 4.02. The molecule has 0 radical (unpaired) electrons. The summed E-state index contributed by atoms with van der Waals surface area (Å²) < 4.78 is 80.3. The number of carbonyl (C=O) groups excluding carboxylic acids is 1. The Morgan fingerprint density at radius 1 is 1.03 bits per heavy atom. The second-order valence-corrected chi connectivity index (χ2v) is 12.7. The van der Waals surface area contributed by atoms with Gasteiger partial charge in [0.1, 0.15) is 11.7 Å². The van der Waals surface area contributed by atoms with Crippen molar-refractivity contribution < 1.29 is 30.8 Å². The molecule has 3 rings (SSSR count). The minimum atomic E-state index is -4.78. The van der Waals surface area contributed by atoms with E-state index in [-0.39, 0.29) is 10.5 Å². The lowest BCUT2D eigenvalue weighted by molar-refractivity contribution is -0.161. The van der Waals surface area contributed by atoms with Crippen molar-refractivity contribution in [3.8, 4) is 11.1 Å². The maximum Gasteiger partial charge on any atom is 0.407 e. The van der Waals surface area contributed by atoms with Gasteiger partial charge in [0, 0.05) is 12.7 Å². The van der Waals surface area contributed by atoms with E-state index in [9.17, 15) is 30.8 Å². The molecule has 204 valence electrons. The quantitative estimate of drug-likeness (QED) is 0.197. The fraction of sp³-hybridized carbons (Fsp3) is 0.480. The van der Waals surface area contributed by atoms with Gasteiger partial charge < -0.3 is 11.1 Å². The van der Waals surface area contributed by atoms with Gasteiger partial charge in [0.05, 0.1) is 21.9 Å². The smallest absolute Gasteiger partial charge is 0.347 e. The highest BCUT2D eigenvalue weighted by Gasteiger charge is 2.50. The van der Waals surface area contributed by atoms with Gasteiger partial charge in [-0.2, -0.15) is 25.8 Å². The van der Waals surface area contributed by atoms with Crippen LogP contribution in [0.25, 0.3) is 11.1 Å². The molecule has 2 aromatic carbocycles. The Kier molecular flexibility index (Phi) is 8.38. The Morgan fingerprint density at radius 3 is 1.89 bits per heavy atom. The van der Waals surface area contributed by atoms with Gasteiger partial charge in [0.15, 0.2) is 9.84 Å². The first-order valence-electron chi connectivity index (χ1n) is 11.6. The molecule has 6 nitrogen and oxygen atoms in total. The third kappa shape index (κ3) is 7.68. The minimum absolute atomic E-state index is 0.126. The molecule has 0 aromatic heterocycles. The maximum atomic E-state index is 14.5. The Labute approximate surface area is 219 Å². The number of sulfone groups is 1. The zero-order valence-corrected chi connectivity index (χ0v) is 22.4. The van der Waals surface area contributed by atoms with Crippen LogP contribution in [0, 0.1) is 0 Å². The number of nitrogens with one attached hydrogen (secondary N) is 2. The number of carbonyl (C=O) groups is 1. The Morgan fingerprint density at radius 2 is 1.51 bits per heavy atom. The van der Waals surface area contributed by atoms with Crippen molar-refractivity contribution >= 4 is 28.4 Å². The van der Waals surface area contributed by atoms with E-state index in [4.69, 9.17) is 5.73 Å². The number of amides is 1. The number of halogens is 4. The second kappa shape index (κ2) is 10.5. The zero-order chi connectivity index (χ0) is 27.8. The molecule has 0 spiro atoms. The van der Waals surface area contributed by atoms with Crippen molar-refractivity contribution in [3.63, 3.8) is 0 Å². The summed E-state index contributed by atoms with van der Waals surface area (Å²) in [6.07, 6.45) is -3.13. The van der Waals surface area contributed by atoms with E-state index < -0.39 is 57.0 Å². The summed E-state index contributed by atoms with van der Waals surface area (Å²) in [5.74, 6) is -0.774. The van der Waals surface area contributed by atoms with E-state index in [0.717, 1.165) is 6.26 Å². The van der Waals surface area contributed by atoms with Gasteiger partial charge in [-0.05, 0) is 55.5 Å². The molecule has 1 aliphatic rings. The molecule has 4 N–H and O–H groups in total. The van der Waals surface area contributed by atoms with Crippen LogP contribution in [-0.2, 0) is 14.6 Å². The number of alkyl halides is 4. The van der Waals surface area contributed by atoms with Crippen LogP contribution in [0.15, 0.2) is 53.4 Å². The molecule has 1 fully saturated rings. The lowest BCUT2D eigenvalue weighted by Gasteiger charge is -2.31. The van der Waals surface area contributed by atoms with Crippen molar-refractivity contribution in [3.05, 3.63) is 54.1 Å². The highest BCUT2D eigenvalue weighted by molar-refractivity contribution is 7.90. The SMILES string of the molecule is CC(C)(F)C[C@H](N[C@@H](c1ccc(-c2ccc(S(C)(=O)=O)cc2)cc1)C(F)(F)F)C(=O)NC1(C(N)S)CC1.